The molecule has 0 saturated carbocycles. The van der Waals surface area contributed by atoms with Crippen LogP contribution in [0.15, 0.2) is 37.0 Å². The second kappa shape index (κ2) is 11.7. The Labute approximate surface area is 161 Å². The molecule has 1 N–H and O–H groups in total. The van der Waals surface area contributed by atoms with Crippen molar-refractivity contribution in [3.8, 4) is 0 Å². The molecule has 1 rings (SSSR count). The maximum atomic E-state index is 10.5. The quantitative estimate of drug-likeness (QED) is 0.374. The highest BCUT2D eigenvalue weighted by Crippen LogP contribution is 2.44. The number of rotatable bonds is 12. The topological polar surface area (TPSA) is 38.7 Å². The monoisotopic (exact) mass is 364 g/mol. The Bertz CT molecular complexity index is 454. The van der Waals surface area contributed by atoms with Crippen molar-refractivity contribution >= 4 is 0 Å². The van der Waals surface area contributed by atoms with E-state index in [1.807, 2.05) is 12.2 Å². The summed E-state index contributed by atoms with van der Waals surface area (Å²) in [5.74, 6) is 2.32. The summed E-state index contributed by atoms with van der Waals surface area (Å²) in [6, 6.07) is 0. The summed E-state index contributed by atoms with van der Waals surface area (Å²) in [4.78, 5) is 0. The highest BCUT2D eigenvalue weighted by molar-refractivity contribution is 5.13. The summed E-state index contributed by atoms with van der Waals surface area (Å²) in [7, 11) is 1.66. The molecule has 0 aliphatic heterocycles. The van der Waals surface area contributed by atoms with Gasteiger partial charge in [-0.3, -0.25) is 0 Å². The summed E-state index contributed by atoms with van der Waals surface area (Å²) >= 11 is 0. The molecule has 0 heterocycles. The van der Waals surface area contributed by atoms with E-state index in [1.165, 1.54) is 5.57 Å². The molecule has 1 aliphatic rings. The van der Waals surface area contributed by atoms with E-state index in [4.69, 9.17) is 9.47 Å². The second-order valence-electron chi connectivity index (χ2n) is 8.22. The minimum absolute atomic E-state index is 0.0748. The Balaban J connectivity index is 3.04. The second-order valence-corrected chi connectivity index (χ2v) is 8.22. The van der Waals surface area contributed by atoms with Crippen molar-refractivity contribution in [1.29, 1.82) is 0 Å². The molecule has 0 amide bonds. The highest BCUT2D eigenvalue weighted by Gasteiger charge is 2.37. The highest BCUT2D eigenvalue weighted by atomic mass is 16.7. The fraction of sp³-hybridized carbons (Fsp3) is 0.739. The Kier molecular flexibility index (Phi) is 10.4. The van der Waals surface area contributed by atoms with Crippen molar-refractivity contribution in [2.24, 2.45) is 29.6 Å². The molecule has 0 spiro atoms. The fourth-order valence-corrected chi connectivity index (χ4v) is 4.35. The maximum absolute atomic E-state index is 10.5. The van der Waals surface area contributed by atoms with Gasteiger partial charge < -0.3 is 14.6 Å². The summed E-state index contributed by atoms with van der Waals surface area (Å²) < 4.78 is 11.1. The van der Waals surface area contributed by atoms with Gasteiger partial charge >= 0.3 is 0 Å². The van der Waals surface area contributed by atoms with Crippen molar-refractivity contribution < 1.29 is 14.6 Å². The van der Waals surface area contributed by atoms with Crippen LogP contribution in [0.5, 0.6) is 0 Å². The van der Waals surface area contributed by atoms with Gasteiger partial charge in [-0.1, -0.05) is 44.6 Å². The predicted octanol–water partition coefficient (Wildman–Crippen LogP) is 5.37. The van der Waals surface area contributed by atoms with Gasteiger partial charge in [0.2, 0.25) is 0 Å². The standard InChI is InChI=1S/C23H40O3/c1-8-10-19(24)13-22-20(16(3)4)12-11-18(6)21(22)14-23(17(5)9-2)26-15-25-7/h8-9,11,16-17,19-24H,1-2,10,12-15H2,3-7H3/t17-,19+,20-,21+,22-,23+/m1/s1. The van der Waals surface area contributed by atoms with Crippen molar-refractivity contribution in [3.05, 3.63) is 37.0 Å². The molecule has 6 atom stereocenters. The number of aliphatic hydroxyl groups is 1. The smallest absolute Gasteiger partial charge is 0.146 e. The number of methoxy groups -OCH3 is 1. The molecule has 3 heteroatoms. The minimum Gasteiger partial charge on any atom is -0.393 e. The number of aliphatic hydroxyl groups excluding tert-OH is 1. The molecule has 0 aromatic rings. The number of ether oxygens (including phenoxy) is 2. The van der Waals surface area contributed by atoms with Crippen molar-refractivity contribution in [2.75, 3.05) is 13.9 Å². The first-order valence-corrected chi connectivity index (χ1v) is 10.0. The molecule has 0 bridgehead atoms. The average molecular weight is 365 g/mol. The first-order valence-electron chi connectivity index (χ1n) is 10.0. The zero-order chi connectivity index (χ0) is 19.7. The number of hydrogen-bond donors (Lipinski definition) is 1. The van der Waals surface area contributed by atoms with Gasteiger partial charge in [0.15, 0.2) is 0 Å². The third kappa shape index (κ3) is 6.68. The fourth-order valence-electron chi connectivity index (χ4n) is 4.35. The van der Waals surface area contributed by atoms with Crippen LogP contribution in [0.2, 0.25) is 0 Å². The Morgan fingerprint density at radius 1 is 1.27 bits per heavy atom. The molecule has 0 radical (unpaired) electrons. The lowest BCUT2D eigenvalue weighted by molar-refractivity contribution is -0.0932. The predicted molar refractivity (Wildman–Crippen MR) is 110 cm³/mol. The summed E-state index contributed by atoms with van der Waals surface area (Å²) in [5, 5.41) is 10.5. The molecule has 150 valence electrons. The van der Waals surface area contributed by atoms with Crippen LogP contribution < -0.4 is 0 Å². The lowest BCUT2D eigenvalue weighted by atomic mass is 9.64. The van der Waals surface area contributed by atoms with E-state index in [-0.39, 0.29) is 18.1 Å². The van der Waals surface area contributed by atoms with Gasteiger partial charge in [0, 0.05) is 13.0 Å². The van der Waals surface area contributed by atoms with Crippen LogP contribution in [0.3, 0.4) is 0 Å². The normalized spacial score (nSPS) is 26.9. The van der Waals surface area contributed by atoms with Gasteiger partial charge in [-0.25, -0.2) is 0 Å². The van der Waals surface area contributed by atoms with E-state index >= 15 is 0 Å². The van der Waals surface area contributed by atoms with E-state index in [1.54, 1.807) is 7.11 Å². The van der Waals surface area contributed by atoms with Crippen LogP contribution in [0, 0.1) is 29.6 Å². The van der Waals surface area contributed by atoms with Gasteiger partial charge in [-0.2, -0.15) is 0 Å². The Hall–Kier alpha value is -0.900. The first-order chi connectivity index (χ1) is 12.3. The van der Waals surface area contributed by atoms with Crippen molar-refractivity contribution in [1.82, 2.24) is 0 Å². The summed E-state index contributed by atoms with van der Waals surface area (Å²) in [6.45, 7) is 17.0. The van der Waals surface area contributed by atoms with Crippen LogP contribution in [0.4, 0.5) is 0 Å². The SMILES string of the molecule is C=CC[C@H](O)C[C@@H]1[C@@H](C(C)C)CC=C(C)[C@@H]1C[C@H](OCOC)[C@H](C)C=C. The number of allylic oxidation sites excluding steroid dienone is 2. The summed E-state index contributed by atoms with van der Waals surface area (Å²) in [6.07, 6.45) is 9.46. The molecule has 1 aliphatic carbocycles. The lowest BCUT2D eigenvalue weighted by Crippen LogP contribution is -2.37. The minimum atomic E-state index is -0.317. The van der Waals surface area contributed by atoms with Crippen LogP contribution in [0.25, 0.3) is 0 Å². The molecule has 0 saturated heterocycles. The van der Waals surface area contributed by atoms with Crippen LogP contribution in [0.1, 0.15) is 53.4 Å². The van der Waals surface area contributed by atoms with E-state index in [0.717, 1.165) is 19.3 Å². The molecule has 0 fully saturated rings. The maximum Gasteiger partial charge on any atom is 0.146 e. The first kappa shape index (κ1) is 23.1. The lowest BCUT2D eigenvalue weighted by Gasteiger charge is -2.42. The van der Waals surface area contributed by atoms with E-state index in [2.05, 4.69) is 46.9 Å². The third-order valence-electron chi connectivity index (χ3n) is 6.05. The molecule has 0 aromatic carbocycles. The molecular weight excluding hydrogens is 324 g/mol. The molecule has 3 nitrogen and oxygen atoms in total. The van der Waals surface area contributed by atoms with E-state index in [0.29, 0.717) is 36.9 Å². The van der Waals surface area contributed by atoms with Gasteiger partial charge in [-0.05, 0) is 56.3 Å². The van der Waals surface area contributed by atoms with Crippen molar-refractivity contribution in [3.63, 3.8) is 0 Å². The van der Waals surface area contributed by atoms with Crippen LogP contribution in [-0.4, -0.2) is 31.2 Å². The summed E-state index contributed by atoms with van der Waals surface area (Å²) in [5.41, 5.74) is 1.43. The van der Waals surface area contributed by atoms with Gasteiger partial charge in [0.25, 0.3) is 0 Å². The largest absolute Gasteiger partial charge is 0.393 e. The van der Waals surface area contributed by atoms with Crippen molar-refractivity contribution in [2.45, 2.75) is 65.6 Å². The Morgan fingerprint density at radius 2 is 1.96 bits per heavy atom. The zero-order valence-electron chi connectivity index (χ0n) is 17.5. The molecule has 0 aromatic heterocycles. The number of hydrogen-bond acceptors (Lipinski definition) is 3. The zero-order valence-corrected chi connectivity index (χ0v) is 17.5. The van der Waals surface area contributed by atoms with Crippen LogP contribution in [-0.2, 0) is 9.47 Å². The van der Waals surface area contributed by atoms with E-state index in [9.17, 15) is 5.11 Å². The van der Waals surface area contributed by atoms with Gasteiger partial charge in [-0.15, -0.1) is 13.2 Å². The van der Waals surface area contributed by atoms with Gasteiger partial charge in [0.1, 0.15) is 6.79 Å². The molecule has 26 heavy (non-hydrogen) atoms. The Morgan fingerprint density at radius 3 is 2.50 bits per heavy atom. The van der Waals surface area contributed by atoms with E-state index < -0.39 is 0 Å². The molecular formula is C23H40O3. The van der Waals surface area contributed by atoms with Crippen LogP contribution >= 0.6 is 0 Å². The average Bonchev–Trinajstić information content (AvgIpc) is 2.60. The third-order valence-corrected chi connectivity index (χ3v) is 6.05. The molecule has 0 unspecified atom stereocenters. The van der Waals surface area contributed by atoms with Gasteiger partial charge in [0.05, 0.1) is 12.2 Å².